The molecule has 64 heavy (non-hydrogen) atoms. The number of rotatable bonds is 15. The van der Waals surface area contributed by atoms with E-state index < -0.39 is 113 Å². The van der Waals surface area contributed by atoms with Gasteiger partial charge in [-0.25, -0.2) is 14.4 Å². The molecule has 11 atom stereocenters. The average Bonchev–Trinajstić information content (AvgIpc) is 3.25. The summed E-state index contributed by atoms with van der Waals surface area (Å²) in [5.41, 5.74) is -6.79. The molecule has 1 amide bonds. The van der Waals surface area contributed by atoms with Crippen molar-refractivity contribution in [1.29, 1.82) is 0 Å². The van der Waals surface area contributed by atoms with Gasteiger partial charge < -0.3 is 48.7 Å². The molecule has 16 nitrogen and oxygen atoms in total. The van der Waals surface area contributed by atoms with Crippen molar-refractivity contribution >= 4 is 47.5 Å². The van der Waals surface area contributed by atoms with Gasteiger partial charge in [-0.2, -0.15) is 0 Å². The highest BCUT2D eigenvalue weighted by molar-refractivity contribution is 7.98. The van der Waals surface area contributed by atoms with Gasteiger partial charge in [0.1, 0.15) is 23.9 Å². The Balaban J connectivity index is 1.55. The van der Waals surface area contributed by atoms with Crippen LogP contribution in [-0.2, 0) is 52.3 Å². The van der Waals surface area contributed by atoms with E-state index in [2.05, 4.69) is 5.32 Å². The number of hydrogen-bond donors (Lipinski definition) is 3. The summed E-state index contributed by atoms with van der Waals surface area (Å²) >= 11 is 1.34. The minimum absolute atomic E-state index is 0.0411. The molecule has 17 heteroatoms. The van der Waals surface area contributed by atoms with Gasteiger partial charge in [0, 0.05) is 32.1 Å². The second kappa shape index (κ2) is 19.3. The number of unbranched alkanes of at least 4 members (excludes halogenated alkanes) is 1. The molecule has 1 unspecified atom stereocenters. The van der Waals surface area contributed by atoms with Gasteiger partial charge in [-0.05, 0) is 55.4 Å². The van der Waals surface area contributed by atoms with E-state index >= 15 is 4.79 Å². The lowest BCUT2D eigenvalue weighted by molar-refractivity contribution is -0.347. The second-order valence-corrected chi connectivity index (χ2v) is 18.5. The average molecular weight is 910 g/mol. The predicted octanol–water partition coefficient (Wildman–Crippen LogP) is 5.18. The quantitative estimate of drug-likeness (QED) is 0.0690. The van der Waals surface area contributed by atoms with Gasteiger partial charge in [0.15, 0.2) is 23.6 Å². The standard InChI is InChI=1S/C47H59NO15S/c1-9-10-21-57-43(55)48-35(29-17-13-11-14-18-29)36(51)42(54)61-31-23-47(56)40(62-41(53)30-19-15-12-16-20-30)38-45(7,39(52)37(60-27(3)49)34(26(31)2)44(47,5)6)32(59-25-64-8)22-33-46(38,24-58-33)63-28(4)50/h11-20,31-33,35-38,40,51,56H,9-10,21-25H2,1-8H3,(H,48,55)/t31-,32-,33+,35-,36+,37+,38?,40-,45+,46-,47+/m0/s1. The summed E-state index contributed by atoms with van der Waals surface area (Å²) in [5, 5.41) is 28.2. The number of Topliss-reactive ketones (excluding diaryl/α,β-unsaturated/α-hetero) is 1. The molecule has 1 saturated heterocycles. The van der Waals surface area contributed by atoms with Crippen LogP contribution in [0.5, 0.6) is 0 Å². The lowest BCUT2D eigenvalue weighted by Crippen LogP contribution is -2.82. The van der Waals surface area contributed by atoms with E-state index in [1.165, 1.54) is 30.8 Å². The normalized spacial score (nSPS) is 31.2. The summed E-state index contributed by atoms with van der Waals surface area (Å²) in [4.78, 5) is 83.9. The minimum atomic E-state index is -2.35. The van der Waals surface area contributed by atoms with Crippen molar-refractivity contribution in [3.05, 3.63) is 82.9 Å². The van der Waals surface area contributed by atoms with Crippen molar-refractivity contribution in [2.75, 3.05) is 25.4 Å². The molecule has 3 N–H and O–H groups in total. The zero-order valence-corrected chi connectivity index (χ0v) is 38.3. The van der Waals surface area contributed by atoms with Crippen LogP contribution in [0.4, 0.5) is 4.79 Å². The molecule has 2 aromatic carbocycles. The van der Waals surface area contributed by atoms with Gasteiger partial charge >= 0.3 is 30.0 Å². The molecular weight excluding hydrogens is 851 g/mol. The van der Waals surface area contributed by atoms with E-state index in [-0.39, 0.29) is 42.3 Å². The molecule has 0 aromatic heterocycles. The van der Waals surface area contributed by atoms with Crippen LogP contribution < -0.4 is 5.32 Å². The topological polar surface area (TPSA) is 220 Å². The van der Waals surface area contributed by atoms with Crippen molar-refractivity contribution in [2.24, 2.45) is 16.7 Å². The smallest absolute Gasteiger partial charge is 0.407 e. The van der Waals surface area contributed by atoms with E-state index in [9.17, 15) is 34.2 Å². The lowest BCUT2D eigenvalue weighted by Gasteiger charge is -2.67. The summed E-state index contributed by atoms with van der Waals surface area (Å²) < 4.78 is 42.6. The first-order valence-corrected chi connectivity index (χ1v) is 22.9. The largest absolute Gasteiger partial charge is 0.456 e. The van der Waals surface area contributed by atoms with Crippen molar-refractivity contribution < 1.29 is 72.1 Å². The molecule has 0 radical (unpaired) electrons. The molecule has 4 aliphatic rings. The van der Waals surface area contributed by atoms with Crippen molar-refractivity contribution in [3.8, 4) is 0 Å². The van der Waals surface area contributed by atoms with Crippen LogP contribution in [0.3, 0.4) is 0 Å². The number of hydrogen-bond acceptors (Lipinski definition) is 16. The third kappa shape index (κ3) is 8.81. The Morgan fingerprint density at radius 2 is 1.61 bits per heavy atom. The zero-order chi connectivity index (χ0) is 46.8. The molecule has 1 aliphatic heterocycles. The predicted molar refractivity (Wildman–Crippen MR) is 230 cm³/mol. The van der Waals surface area contributed by atoms with Crippen LogP contribution in [-0.4, -0.2) is 119 Å². The number of thioether (sulfide) groups is 1. The molecular formula is C47H59NO15S. The number of alkyl carbamates (subject to hydrolysis) is 1. The van der Waals surface area contributed by atoms with Crippen LogP contribution in [0, 0.1) is 16.7 Å². The first-order valence-electron chi connectivity index (χ1n) is 21.5. The number of carbonyl (C=O) groups excluding carboxylic acids is 6. The number of aliphatic hydroxyl groups is 2. The van der Waals surface area contributed by atoms with Gasteiger partial charge in [-0.15, -0.1) is 11.8 Å². The lowest BCUT2D eigenvalue weighted by atomic mass is 9.44. The van der Waals surface area contributed by atoms with Crippen molar-refractivity contribution in [2.45, 2.75) is 128 Å². The summed E-state index contributed by atoms with van der Waals surface area (Å²) in [7, 11) is 0. The summed E-state index contributed by atoms with van der Waals surface area (Å²) in [5.74, 6) is -5.73. The fraction of sp³-hybridized carbons (Fsp3) is 0.574. The number of amides is 1. The van der Waals surface area contributed by atoms with Crippen LogP contribution in [0.1, 0.15) is 96.1 Å². The van der Waals surface area contributed by atoms with Gasteiger partial charge in [0.2, 0.25) is 0 Å². The SMILES string of the molecule is CCCCOC(=O)N[C@@H](c1ccccc1)[C@@H](O)C(=O)O[C@H]1C[C@@]2(O)[C@@H](OC(=O)c3ccccc3)C3[C@](C)(C(=O)[C@H](OC(C)=O)C(=C1C)C2(C)C)[C@@H](OCSC)C[C@H]1OC[C@@]31OC(C)=O. The van der Waals surface area contributed by atoms with E-state index in [1.54, 1.807) is 82.5 Å². The third-order valence-corrected chi connectivity index (χ3v) is 13.9. The summed E-state index contributed by atoms with van der Waals surface area (Å²) in [6.45, 7) is 10.4. The zero-order valence-electron chi connectivity index (χ0n) is 37.5. The molecule has 348 valence electrons. The molecule has 0 spiro atoms. The number of ketones is 1. The van der Waals surface area contributed by atoms with Gasteiger partial charge in [-0.3, -0.25) is 14.4 Å². The van der Waals surface area contributed by atoms with Gasteiger partial charge in [0.05, 0.1) is 48.2 Å². The van der Waals surface area contributed by atoms with Crippen LogP contribution in [0.25, 0.3) is 0 Å². The fourth-order valence-electron chi connectivity index (χ4n) is 10.2. The Labute approximate surface area is 377 Å². The first-order chi connectivity index (χ1) is 30.3. The van der Waals surface area contributed by atoms with E-state index in [4.69, 9.17) is 33.2 Å². The monoisotopic (exact) mass is 909 g/mol. The van der Waals surface area contributed by atoms with Gasteiger partial charge in [0.25, 0.3) is 0 Å². The highest BCUT2D eigenvalue weighted by Gasteiger charge is 2.78. The first kappa shape index (κ1) is 48.6. The Kier molecular flexibility index (Phi) is 14.7. The Bertz CT molecular complexity index is 2110. The maximum absolute atomic E-state index is 15.9. The van der Waals surface area contributed by atoms with E-state index in [1.807, 2.05) is 6.92 Å². The minimum Gasteiger partial charge on any atom is -0.456 e. The number of esters is 4. The Hall–Kier alpha value is -4.81. The molecule has 1 heterocycles. The number of benzene rings is 2. The highest BCUT2D eigenvalue weighted by atomic mass is 32.2. The second-order valence-electron chi connectivity index (χ2n) is 17.7. The third-order valence-electron chi connectivity index (χ3n) is 13.5. The molecule has 6 rings (SSSR count). The van der Waals surface area contributed by atoms with Crippen molar-refractivity contribution in [1.82, 2.24) is 5.32 Å². The summed E-state index contributed by atoms with van der Waals surface area (Å²) in [6.07, 6.45) is -7.13. The number of fused-ring (bicyclic) bond motifs is 5. The van der Waals surface area contributed by atoms with Crippen molar-refractivity contribution in [3.63, 3.8) is 0 Å². The number of ether oxygens (including phenoxy) is 7. The summed E-state index contributed by atoms with van der Waals surface area (Å²) in [6, 6.07) is 14.9. The van der Waals surface area contributed by atoms with Crippen LogP contribution in [0.2, 0.25) is 0 Å². The molecule has 2 bridgehead atoms. The number of nitrogens with one attached hydrogen (secondary N) is 1. The molecule has 3 aliphatic carbocycles. The fourth-order valence-corrected chi connectivity index (χ4v) is 10.5. The molecule has 2 aromatic rings. The maximum Gasteiger partial charge on any atom is 0.407 e. The van der Waals surface area contributed by atoms with E-state index in [0.29, 0.717) is 12.0 Å². The molecule has 3 fully saturated rings. The maximum atomic E-state index is 15.9. The van der Waals surface area contributed by atoms with Gasteiger partial charge in [-0.1, -0.05) is 75.7 Å². The Morgan fingerprint density at radius 3 is 2.19 bits per heavy atom. The Morgan fingerprint density at radius 1 is 0.953 bits per heavy atom. The number of aliphatic hydroxyl groups excluding tert-OH is 1. The highest BCUT2D eigenvalue weighted by Crippen LogP contribution is 2.65. The number of carbonyl (C=O) groups is 6. The van der Waals surface area contributed by atoms with E-state index in [0.717, 1.165) is 13.3 Å². The van der Waals surface area contributed by atoms with Crippen LogP contribution in [0.15, 0.2) is 71.8 Å². The molecule has 2 saturated carbocycles. The van der Waals surface area contributed by atoms with Crippen LogP contribution >= 0.6 is 11.8 Å².